The summed E-state index contributed by atoms with van der Waals surface area (Å²) < 4.78 is 0. The quantitative estimate of drug-likeness (QED) is 0.233. The van der Waals surface area contributed by atoms with Crippen molar-refractivity contribution >= 4 is 27.8 Å². The maximum Gasteiger partial charge on any atom is 0.116 e. The summed E-state index contributed by atoms with van der Waals surface area (Å²) in [6.45, 7) is 9.30. The number of fused-ring (bicyclic) bond motifs is 1. The Morgan fingerprint density at radius 2 is 2.03 bits per heavy atom. The number of thiophene rings is 1. The van der Waals surface area contributed by atoms with Crippen LogP contribution in [0.3, 0.4) is 0 Å². The normalized spacial score (nSPS) is 14.9. The van der Waals surface area contributed by atoms with E-state index < -0.39 is 0 Å². The van der Waals surface area contributed by atoms with Crippen molar-refractivity contribution in [2.24, 2.45) is 0 Å². The van der Waals surface area contributed by atoms with Crippen LogP contribution in [0.4, 0.5) is 0 Å². The highest BCUT2D eigenvalue weighted by Crippen LogP contribution is 2.35. The van der Waals surface area contributed by atoms with E-state index in [4.69, 9.17) is 4.98 Å². The van der Waals surface area contributed by atoms with Gasteiger partial charge in [0.05, 0.1) is 23.1 Å². The fourth-order valence-electron chi connectivity index (χ4n) is 5.19. The highest BCUT2D eigenvalue weighted by molar-refractivity contribution is 7.11. The molecule has 0 aromatic carbocycles. The summed E-state index contributed by atoms with van der Waals surface area (Å²) >= 11 is 1.73. The Kier molecular flexibility index (Phi) is 6.55. The third kappa shape index (κ3) is 4.80. The van der Waals surface area contributed by atoms with E-state index in [0.717, 1.165) is 56.9 Å². The molecule has 6 rings (SSSR count). The zero-order valence-corrected chi connectivity index (χ0v) is 21.8. The molecule has 0 atom stereocenters. The maximum atomic E-state index is 4.73. The van der Waals surface area contributed by atoms with Crippen LogP contribution in [0, 0.1) is 6.92 Å². The second-order valence-electron chi connectivity index (χ2n) is 9.62. The SMILES string of the molecule is C=C/C=C(/c1cccs1)c1cc(-c2n[nH]c3cnc(-c4cncc(CN5CCCCC5)c4)cc23)[nH]c1C. The van der Waals surface area contributed by atoms with Crippen LogP contribution in [0.15, 0.2) is 73.0 Å². The molecule has 1 saturated heterocycles. The number of allylic oxidation sites excluding steroid dienone is 2. The minimum absolute atomic E-state index is 0.884. The van der Waals surface area contributed by atoms with Crippen LogP contribution in [0.1, 0.15) is 41.0 Å². The Labute approximate surface area is 220 Å². The molecule has 0 aliphatic carbocycles. The lowest BCUT2D eigenvalue weighted by molar-refractivity contribution is 0.220. The van der Waals surface area contributed by atoms with Gasteiger partial charge in [-0.2, -0.15) is 5.10 Å². The fourth-order valence-corrected chi connectivity index (χ4v) is 5.96. The monoisotopic (exact) mass is 506 g/mol. The second kappa shape index (κ2) is 10.3. The molecule has 186 valence electrons. The predicted molar refractivity (Wildman–Crippen MR) is 152 cm³/mol. The lowest BCUT2D eigenvalue weighted by atomic mass is 10.0. The number of aromatic nitrogens is 5. The van der Waals surface area contributed by atoms with Crippen LogP contribution in [-0.4, -0.2) is 43.1 Å². The summed E-state index contributed by atoms with van der Waals surface area (Å²) in [5.74, 6) is 0. The average molecular weight is 507 g/mol. The van der Waals surface area contributed by atoms with E-state index in [-0.39, 0.29) is 0 Å². The van der Waals surface area contributed by atoms with Crippen LogP contribution in [0.5, 0.6) is 0 Å². The molecule has 0 unspecified atom stereocenters. The summed E-state index contributed by atoms with van der Waals surface area (Å²) in [5, 5.41) is 11.0. The molecule has 5 aromatic heterocycles. The molecule has 6 nitrogen and oxygen atoms in total. The first-order valence-corrected chi connectivity index (χ1v) is 13.7. The van der Waals surface area contributed by atoms with Crippen LogP contribution in [0.2, 0.25) is 0 Å². The summed E-state index contributed by atoms with van der Waals surface area (Å²) in [7, 11) is 0. The molecular formula is C30H30N6S. The Morgan fingerprint density at radius 1 is 1.14 bits per heavy atom. The van der Waals surface area contributed by atoms with Gasteiger partial charge < -0.3 is 4.98 Å². The smallest absolute Gasteiger partial charge is 0.116 e. The van der Waals surface area contributed by atoms with Gasteiger partial charge in [-0.15, -0.1) is 11.3 Å². The number of hydrogen-bond acceptors (Lipinski definition) is 5. The molecule has 1 aliphatic heterocycles. The average Bonchev–Trinajstić information content (AvgIpc) is 3.68. The van der Waals surface area contributed by atoms with Crippen molar-refractivity contribution in [3.05, 3.63) is 94.7 Å². The van der Waals surface area contributed by atoms with E-state index in [2.05, 4.69) is 80.4 Å². The fraction of sp³-hybridized carbons (Fsp3) is 0.233. The van der Waals surface area contributed by atoms with Crippen LogP contribution in [-0.2, 0) is 6.54 Å². The van der Waals surface area contributed by atoms with E-state index in [1.807, 2.05) is 24.7 Å². The number of nitrogens with one attached hydrogen (secondary N) is 2. The zero-order valence-electron chi connectivity index (χ0n) is 21.0. The largest absolute Gasteiger partial charge is 0.357 e. The lowest BCUT2D eigenvalue weighted by Crippen LogP contribution is -2.29. The molecule has 0 saturated carbocycles. The molecule has 7 heteroatoms. The summed E-state index contributed by atoms with van der Waals surface area (Å²) in [5.41, 5.74) is 9.32. The first-order valence-electron chi connectivity index (χ1n) is 12.8. The van der Waals surface area contributed by atoms with E-state index in [9.17, 15) is 0 Å². The van der Waals surface area contributed by atoms with Crippen LogP contribution >= 0.6 is 11.3 Å². The number of H-pyrrole nitrogens is 2. The van der Waals surface area contributed by atoms with Crippen molar-refractivity contribution in [3.63, 3.8) is 0 Å². The molecule has 0 bridgehead atoms. The second-order valence-corrected chi connectivity index (χ2v) is 10.6. The molecule has 5 aromatic rings. The van der Waals surface area contributed by atoms with E-state index in [1.54, 1.807) is 11.3 Å². The van der Waals surface area contributed by atoms with E-state index in [1.165, 1.54) is 42.8 Å². The van der Waals surface area contributed by atoms with Crippen molar-refractivity contribution in [2.45, 2.75) is 32.7 Å². The molecule has 0 spiro atoms. The Bertz CT molecular complexity index is 1570. The van der Waals surface area contributed by atoms with E-state index in [0.29, 0.717) is 0 Å². The molecule has 0 radical (unpaired) electrons. The number of aromatic amines is 2. The van der Waals surface area contributed by atoms with Crippen molar-refractivity contribution in [1.29, 1.82) is 0 Å². The molecule has 0 amide bonds. The Hall–Kier alpha value is -3.81. The summed E-state index contributed by atoms with van der Waals surface area (Å²) in [6.07, 6.45) is 13.6. The summed E-state index contributed by atoms with van der Waals surface area (Å²) in [4.78, 5) is 16.6. The van der Waals surface area contributed by atoms with Crippen LogP contribution < -0.4 is 0 Å². The highest BCUT2D eigenvalue weighted by Gasteiger charge is 2.17. The van der Waals surface area contributed by atoms with Gasteiger partial charge >= 0.3 is 0 Å². The minimum Gasteiger partial charge on any atom is -0.357 e. The zero-order chi connectivity index (χ0) is 25.2. The molecule has 6 heterocycles. The first-order chi connectivity index (χ1) is 18.2. The van der Waals surface area contributed by atoms with E-state index >= 15 is 0 Å². The summed E-state index contributed by atoms with van der Waals surface area (Å²) in [6, 6.07) is 10.7. The van der Waals surface area contributed by atoms with Gasteiger partial charge in [-0.05, 0) is 68.1 Å². The third-order valence-corrected chi connectivity index (χ3v) is 7.93. The van der Waals surface area contributed by atoms with Gasteiger partial charge in [-0.1, -0.05) is 31.2 Å². The number of piperidine rings is 1. The first kappa shape index (κ1) is 23.6. The minimum atomic E-state index is 0.884. The number of rotatable bonds is 7. The Morgan fingerprint density at radius 3 is 2.84 bits per heavy atom. The highest BCUT2D eigenvalue weighted by atomic mass is 32.1. The van der Waals surface area contributed by atoms with Crippen molar-refractivity contribution < 1.29 is 0 Å². The third-order valence-electron chi connectivity index (χ3n) is 7.02. The number of pyridine rings is 2. The topological polar surface area (TPSA) is 73.5 Å². The van der Waals surface area contributed by atoms with Gasteiger partial charge in [-0.3, -0.25) is 20.0 Å². The molecule has 2 N–H and O–H groups in total. The van der Waals surface area contributed by atoms with Crippen molar-refractivity contribution in [2.75, 3.05) is 13.1 Å². The molecule has 37 heavy (non-hydrogen) atoms. The Balaban J connectivity index is 1.34. The number of likely N-dealkylation sites (tertiary alicyclic amines) is 1. The van der Waals surface area contributed by atoms with Crippen molar-refractivity contribution in [3.8, 4) is 22.6 Å². The van der Waals surface area contributed by atoms with Gasteiger partial charge in [0, 0.05) is 51.6 Å². The van der Waals surface area contributed by atoms with Crippen LogP contribution in [0.25, 0.3) is 39.1 Å². The number of nitrogens with zero attached hydrogens (tertiary/aromatic N) is 4. The van der Waals surface area contributed by atoms with Gasteiger partial charge in [0.25, 0.3) is 0 Å². The van der Waals surface area contributed by atoms with Crippen molar-refractivity contribution in [1.82, 2.24) is 30.0 Å². The van der Waals surface area contributed by atoms with Gasteiger partial charge in [0.2, 0.25) is 0 Å². The predicted octanol–water partition coefficient (Wildman–Crippen LogP) is 6.99. The molecular weight excluding hydrogens is 476 g/mol. The van der Waals surface area contributed by atoms with Gasteiger partial charge in [0.15, 0.2) is 0 Å². The van der Waals surface area contributed by atoms with Gasteiger partial charge in [0.1, 0.15) is 5.69 Å². The standard InChI is InChI=1S/C30H30N6S/c1-3-8-23(29-9-7-12-37-29)24-14-27(33-20(24)2)30-25-15-26(32-18-28(25)34-35-30)22-13-21(16-31-17-22)19-36-10-5-4-6-11-36/h3,7-9,12-18,33H,1,4-6,10-11,19H2,2H3,(H,34,35)/b23-8+. The number of hydrogen-bond donors (Lipinski definition) is 2. The van der Waals surface area contributed by atoms with Gasteiger partial charge in [-0.25, -0.2) is 0 Å². The number of aryl methyl sites for hydroxylation is 1. The lowest BCUT2D eigenvalue weighted by Gasteiger charge is -2.26. The molecule has 1 aliphatic rings. The maximum absolute atomic E-state index is 4.73. The molecule has 1 fully saturated rings.